The lowest BCUT2D eigenvalue weighted by atomic mass is 10.2. The van der Waals surface area contributed by atoms with Crippen molar-refractivity contribution in [3.05, 3.63) is 40.4 Å². The summed E-state index contributed by atoms with van der Waals surface area (Å²) in [5, 5.41) is 1.83. The Balaban J connectivity index is 2.15. The van der Waals surface area contributed by atoms with E-state index in [0.29, 0.717) is 16.7 Å². The second-order valence-corrected chi connectivity index (χ2v) is 6.53. The largest absolute Gasteiger partial charge is 0.464 e. The van der Waals surface area contributed by atoms with Crippen LogP contribution in [0.3, 0.4) is 0 Å². The highest BCUT2D eigenvalue weighted by molar-refractivity contribution is 5.97. The van der Waals surface area contributed by atoms with E-state index in [1.54, 1.807) is 32.0 Å². The van der Waals surface area contributed by atoms with E-state index in [9.17, 15) is 14.4 Å². The Morgan fingerprint density at radius 2 is 1.63 bits per heavy atom. The molecule has 0 unspecified atom stereocenters. The molecular formula is C19H23N3O5. The van der Waals surface area contributed by atoms with Crippen molar-refractivity contribution >= 4 is 22.8 Å². The van der Waals surface area contributed by atoms with Gasteiger partial charge in [-0.3, -0.25) is 9.80 Å². The summed E-state index contributed by atoms with van der Waals surface area (Å²) in [7, 11) is 0. The van der Waals surface area contributed by atoms with Crippen molar-refractivity contribution < 1.29 is 19.1 Å². The fraction of sp³-hybridized carbons (Fsp3) is 0.474. The molecule has 1 aliphatic rings. The third-order valence-corrected chi connectivity index (χ3v) is 4.36. The van der Waals surface area contributed by atoms with Crippen LogP contribution in [0.25, 0.3) is 10.9 Å². The van der Waals surface area contributed by atoms with E-state index in [1.165, 1.54) is 9.69 Å². The topological polar surface area (TPSA) is 90.5 Å². The molecule has 1 saturated heterocycles. The summed E-state index contributed by atoms with van der Waals surface area (Å²) >= 11 is 0. The lowest BCUT2D eigenvalue weighted by Crippen LogP contribution is -2.37. The van der Waals surface area contributed by atoms with Crippen LogP contribution in [0.5, 0.6) is 0 Å². The van der Waals surface area contributed by atoms with Gasteiger partial charge in [0.2, 0.25) is 0 Å². The smallest absolute Gasteiger partial charge is 0.333 e. The van der Waals surface area contributed by atoms with E-state index >= 15 is 0 Å². The van der Waals surface area contributed by atoms with Crippen LogP contribution in [-0.2, 0) is 19.1 Å². The summed E-state index contributed by atoms with van der Waals surface area (Å²) in [6.45, 7) is 7.53. The van der Waals surface area contributed by atoms with E-state index in [-0.39, 0.29) is 24.7 Å². The van der Waals surface area contributed by atoms with Gasteiger partial charge in [0, 0.05) is 5.92 Å². The van der Waals surface area contributed by atoms with Crippen molar-refractivity contribution in [2.75, 3.05) is 18.2 Å². The Kier molecular flexibility index (Phi) is 5.16. The molecule has 1 aromatic heterocycles. The second kappa shape index (κ2) is 7.38. The molecule has 1 fully saturated rings. The predicted molar refractivity (Wildman–Crippen MR) is 99.2 cm³/mol. The fourth-order valence-corrected chi connectivity index (χ4v) is 3.14. The molecule has 27 heavy (non-hydrogen) atoms. The summed E-state index contributed by atoms with van der Waals surface area (Å²) in [6.07, 6.45) is 0. The summed E-state index contributed by atoms with van der Waals surface area (Å²) in [6, 6.07) is 5.19. The van der Waals surface area contributed by atoms with Gasteiger partial charge in [0.05, 0.1) is 24.1 Å². The molecule has 2 heterocycles. The standard InChI is InChI=1S/C19H23N3O5/c1-5-26-18(24)14-15(19(25)27-6-2)21(14)22-16(11(3)4)20-13-10-8-7-9-12(13)17(22)23/h7-11,14-15H,5-6H2,1-4H3/t14-,15+,21?. The van der Waals surface area contributed by atoms with Gasteiger partial charge in [0.25, 0.3) is 5.56 Å². The van der Waals surface area contributed by atoms with E-state index in [1.807, 2.05) is 19.9 Å². The number of nitrogens with zero attached hydrogens (tertiary/aromatic N) is 3. The van der Waals surface area contributed by atoms with Gasteiger partial charge in [0.15, 0.2) is 12.1 Å². The molecule has 0 saturated carbocycles. The number of benzene rings is 1. The molecule has 8 nitrogen and oxygen atoms in total. The first-order chi connectivity index (χ1) is 12.9. The summed E-state index contributed by atoms with van der Waals surface area (Å²) in [5.41, 5.74) is 0.245. The van der Waals surface area contributed by atoms with Gasteiger partial charge < -0.3 is 9.47 Å². The average molecular weight is 373 g/mol. The maximum atomic E-state index is 13.2. The highest BCUT2D eigenvalue weighted by Crippen LogP contribution is 2.30. The molecule has 2 aromatic rings. The molecular weight excluding hydrogens is 350 g/mol. The van der Waals surface area contributed by atoms with Crippen LogP contribution in [0.4, 0.5) is 0 Å². The number of carbonyl (C=O) groups is 2. The second-order valence-electron chi connectivity index (χ2n) is 6.53. The van der Waals surface area contributed by atoms with Gasteiger partial charge in [-0.25, -0.2) is 19.2 Å². The number of para-hydroxylation sites is 1. The third kappa shape index (κ3) is 3.27. The molecule has 0 amide bonds. The SMILES string of the molecule is CCOC(=O)[C@@H]1[C@H](C(=O)OCC)N1n1c(C(C)C)nc2ccccc2c1=O. The van der Waals surface area contributed by atoms with Crippen molar-refractivity contribution in [2.45, 2.75) is 45.7 Å². The lowest BCUT2D eigenvalue weighted by molar-refractivity contribution is -0.147. The number of carbonyl (C=O) groups excluding carboxylic acids is 2. The highest BCUT2D eigenvalue weighted by Gasteiger charge is 2.61. The van der Waals surface area contributed by atoms with Crippen molar-refractivity contribution in [3.63, 3.8) is 0 Å². The van der Waals surface area contributed by atoms with Crippen molar-refractivity contribution in [2.24, 2.45) is 0 Å². The molecule has 144 valence electrons. The minimum absolute atomic E-state index is 0.103. The van der Waals surface area contributed by atoms with Crippen LogP contribution in [0.15, 0.2) is 29.1 Å². The van der Waals surface area contributed by atoms with Gasteiger partial charge in [-0.05, 0) is 26.0 Å². The molecule has 3 rings (SSSR count). The monoisotopic (exact) mass is 373 g/mol. The lowest BCUT2D eigenvalue weighted by Gasteiger charge is -2.18. The maximum Gasteiger partial charge on any atom is 0.333 e. The first kappa shape index (κ1) is 18.9. The van der Waals surface area contributed by atoms with Crippen LogP contribution >= 0.6 is 0 Å². The van der Waals surface area contributed by atoms with Gasteiger partial charge >= 0.3 is 11.9 Å². The van der Waals surface area contributed by atoms with Gasteiger partial charge in [-0.1, -0.05) is 26.0 Å². The number of hydrogen-bond acceptors (Lipinski definition) is 7. The van der Waals surface area contributed by atoms with E-state index in [0.717, 1.165) is 0 Å². The first-order valence-corrected chi connectivity index (χ1v) is 9.05. The van der Waals surface area contributed by atoms with Crippen molar-refractivity contribution in [1.82, 2.24) is 9.66 Å². The Hall–Kier alpha value is -2.90. The Morgan fingerprint density at radius 3 is 2.15 bits per heavy atom. The number of fused-ring (bicyclic) bond motifs is 1. The van der Waals surface area contributed by atoms with Gasteiger partial charge in [-0.15, -0.1) is 0 Å². The zero-order valence-corrected chi connectivity index (χ0v) is 15.8. The van der Waals surface area contributed by atoms with Gasteiger partial charge in [0.1, 0.15) is 5.82 Å². The molecule has 0 radical (unpaired) electrons. The zero-order valence-electron chi connectivity index (χ0n) is 15.8. The molecule has 1 aromatic carbocycles. The predicted octanol–water partition coefficient (Wildman–Crippen LogP) is 1.33. The quantitative estimate of drug-likeness (QED) is 0.557. The Bertz CT molecular complexity index is 913. The number of ether oxygens (including phenoxy) is 2. The Morgan fingerprint density at radius 1 is 1.07 bits per heavy atom. The molecule has 1 aliphatic heterocycles. The third-order valence-electron chi connectivity index (χ3n) is 4.36. The molecule has 0 bridgehead atoms. The summed E-state index contributed by atoms with van der Waals surface area (Å²) < 4.78 is 11.5. The van der Waals surface area contributed by atoms with Crippen molar-refractivity contribution in [3.8, 4) is 0 Å². The van der Waals surface area contributed by atoms with E-state index < -0.39 is 24.0 Å². The van der Waals surface area contributed by atoms with Crippen LogP contribution in [0.2, 0.25) is 0 Å². The molecule has 0 N–H and O–H groups in total. The Labute approximate surface area is 156 Å². The van der Waals surface area contributed by atoms with E-state index in [4.69, 9.17) is 9.47 Å². The summed E-state index contributed by atoms with van der Waals surface area (Å²) in [5.74, 6) is -0.760. The minimum Gasteiger partial charge on any atom is -0.464 e. The fourth-order valence-electron chi connectivity index (χ4n) is 3.14. The molecule has 0 spiro atoms. The van der Waals surface area contributed by atoms with Gasteiger partial charge in [-0.2, -0.15) is 0 Å². The molecule has 8 heteroatoms. The summed E-state index contributed by atoms with van der Waals surface area (Å²) in [4.78, 5) is 42.5. The highest BCUT2D eigenvalue weighted by atomic mass is 16.5. The average Bonchev–Trinajstić information content (AvgIpc) is 3.37. The zero-order chi connectivity index (χ0) is 19.7. The molecule has 0 aliphatic carbocycles. The van der Waals surface area contributed by atoms with Crippen LogP contribution in [0.1, 0.15) is 39.4 Å². The number of hydrogen-bond donors (Lipinski definition) is 0. The molecule has 2 atom stereocenters. The van der Waals surface area contributed by atoms with E-state index in [2.05, 4.69) is 4.98 Å². The maximum absolute atomic E-state index is 13.2. The van der Waals surface area contributed by atoms with Crippen LogP contribution < -0.4 is 10.6 Å². The number of rotatable bonds is 6. The van der Waals surface area contributed by atoms with Crippen molar-refractivity contribution in [1.29, 1.82) is 0 Å². The number of esters is 2. The number of aromatic nitrogens is 2. The minimum atomic E-state index is -0.901. The first-order valence-electron chi connectivity index (χ1n) is 9.05. The van der Waals surface area contributed by atoms with Crippen LogP contribution in [-0.4, -0.2) is 46.9 Å². The normalized spacial score (nSPS) is 18.6. The van der Waals surface area contributed by atoms with Crippen LogP contribution in [0, 0.1) is 0 Å².